The number of ether oxygens (including phenoxy) is 1. The Balaban J connectivity index is 1.55. The van der Waals surface area contributed by atoms with Gasteiger partial charge in [-0.1, -0.05) is 6.42 Å². The van der Waals surface area contributed by atoms with Crippen molar-refractivity contribution < 1.29 is 14.6 Å². The van der Waals surface area contributed by atoms with E-state index in [1.54, 1.807) is 0 Å². The van der Waals surface area contributed by atoms with Gasteiger partial charge in [0.05, 0.1) is 6.10 Å². The Labute approximate surface area is 138 Å². The number of nitrogens with zero attached hydrogens (tertiary/aromatic N) is 1. The Kier molecular flexibility index (Phi) is 5.55. The molecule has 2 aliphatic rings. The summed E-state index contributed by atoms with van der Waals surface area (Å²) in [6.45, 7) is 1.71. The lowest BCUT2D eigenvalue weighted by Gasteiger charge is -2.31. The fourth-order valence-electron chi connectivity index (χ4n) is 3.55. The van der Waals surface area contributed by atoms with Crippen molar-refractivity contribution in [3.63, 3.8) is 0 Å². The third-order valence-electron chi connectivity index (χ3n) is 5.12. The molecule has 126 valence electrons. The fourth-order valence-corrected chi connectivity index (χ4v) is 3.55. The van der Waals surface area contributed by atoms with Crippen LogP contribution >= 0.6 is 0 Å². The molecule has 1 aromatic carbocycles. The third kappa shape index (κ3) is 4.25. The van der Waals surface area contributed by atoms with Crippen LogP contribution in [0, 0.1) is 5.92 Å². The molecule has 0 bridgehead atoms. The number of hydrogen-bond donors (Lipinski definition) is 1. The minimum atomic E-state index is 0.0885. The van der Waals surface area contributed by atoms with Crippen molar-refractivity contribution in [2.75, 3.05) is 19.7 Å². The summed E-state index contributed by atoms with van der Waals surface area (Å²) in [4.78, 5) is 14.4. The van der Waals surface area contributed by atoms with Crippen molar-refractivity contribution in [1.82, 2.24) is 4.90 Å². The highest BCUT2D eigenvalue weighted by Gasteiger charge is 2.23. The molecule has 2 fully saturated rings. The average molecular weight is 317 g/mol. The zero-order valence-corrected chi connectivity index (χ0v) is 13.7. The number of carbonyl (C=O) groups is 1. The molecule has 4 nitrogen and oxygen atoms in total. The highest BCUT2D eigenvalue weighted by Crippen LogP contribution is 2.24. The molecule has 4 heteroatoms. The van der Waals surface area contributed by atoms with Crippen molar-refractivity contribution in [2.24, 2.45) is 5.92 Å². The molecule has 1 saturated heterocycles. The van der Waals surface area contributed by atoms with E-state index in [9.17, 15) is 9.90 Å². The monoisotopic (exact) mass is 317 g/mol. The van der Waals surface area contributed by atoms with Crippen LogP contribution in [0.5, 0.6) is 5.75 Å². The molecule has 0 radical (unpaired) electrons. The van der Waals surface area contributed by atoms with Crippen LogP contribution in [-0.4, -0.2) is 41.7 Å². The Morgan fingerprint density at radius 3 is 2.30 bits per heavy atom. The maximum absolute atomic E-state index is 12.5. The lowest BCUT2D eigenvalue weighted by molar-refractivity contribution is 0.0651. The molecule has 1 aliphatic heterocycles. The third-order valence-corrected chi connectivity index (χ3v) is 5.12. The molecular formula is C19H27NO3. The predicted molar refractivity (Wildman–Crippen MR) is 89.7 cm³/mol. The topological polar surface area (TPSA) is 49.8 Å². The van der Waals surface area contributed by atoms with Crippen LogP contribution < -0.4 is 4.74 Å². The summed E-state index contributed by atoms with van der Waals surface area (Å²) < 4.78 is 6.01. The second kappa shape index (κ2) is 7.82. The maximum atomic E-state index is 12.5. The van der Waals surface area contributed by atoms with Gasteiger partial charge in [-0.25, -0.2) is 0 Å². The molecule has 1 N–H and O–H groups in total. The van der Waals surface area contributed by atoms with E-state index in [2.05, 4.69) is 0 Å². The number of rotatable bonds is 4. The number of piperidine rings is 1. The van der Waals surface area contributed by atoms with E-state index in [1.807, 2.05) is 29.2 Å². The second-order valence-electron chi connectivity index (χ2n) is 6.82. The summed E-state index contributed by atoms with van der Waals surface area (Å²) in [5.41, 5.74) is 0.725. The van der Waals surface area contributed by atoms with Gasteiger partial charge in [-0.05, 0) is 68.7 Å². The smallest absolute Gasteiger partial charge is 0.253 e. The van der Waals surface area contributed by atoms with Gasteiger partial charge in [0.2, 0.25) is 0 Å². The molecule has 1 amide bonds. The van der Waals surface area contributed by atoms with Crippen molar-refractivity contribution in [3.8, 4) is 5.75 Å². The minimum absolute atomic E-state index is 0.0885. The fraction of sp³-hybridized carbons (Fsp3) is 0.632. The van der Waals surface area contributed by atoms with Gasteiger partial charge >= 0.3 is 0 Å². The molecule has 1 saturated carbocycles. The van der Waals surface area contributed by atoms with Crippen molar-refractivity contribution in [1.29, 1.82) is 0 Å². The van der Waals surface area contributed by atoms with E-state index >= 15 is 0 Å². The van der Waals surface area contributed by atoms with Gasteiger partial charge in [0.25, 0.3) is 5.91 Å². The Hall–Kier alpha value is -1.55. The maximum Gasteiger partial charge on any atom is 0.253 e. The molecule has 0 aromatic heterocycles. The molecule has 0 unspecified atom stereocenters. The van der Waals surface area contributed by atoms with E-state index < -0.39 is 0 Å². The predicted octanol–water partition coefficient (Wildman–Crippen LogP) is 3.24. The molecule has 1 heterocycles. The first kappa shape index (κ1) is 16.3. The van der Waals surface area contributed by atoms with Crippen LogP contribution in [0.4, 0.5) is 0 Å². The van der Waals surface area contributed by atoms with Gasteiger partial charge in [0.1, 0.15) is 5.75 Å². The molecule has 0 spiro atoms. The van der Waals surface area contributed by atoms with Gasteiger partial charge in [-0.3, -0.25) is 4.79 Å². The first-order valence-corrected chi connectivity index (χ1v) is 8.93. The first-order valence-electron chi connectivity index (χ1n) is 8.93. The van der Waals surface area contributed by atoms with Crippen LogP contribution in [0.2, 0.25) is 0 Å². The van der Waals surface area contributed by atoms with Crippen LogP contribution in [0.1, 0.15) is 55.3 Å². The Bertz CT molecular complexity index is 500. The van der Waals surface area contributed by atoms with E-state index in [1.165, 1.54) is 19.3 Å². The summed E-state index contributed by atoms with van der Waals surface area (Å²) in [5, 5.41) is 9.18. The number of carbonyl (C=O) groups excluding carboxylic acids is 1. The van der Waals surface area contributed by atoms with Gasteiger partial charge in [-0.2, -0.15) is 0 Å². The van der Waals surface area contributed by atoms with Crippen LogP contribution in [-0.2, 0) is 0 Å². The van der Waals surface area contributed by atoms with Gasteiger partial charge in [0.15, 0.2) is 0 Å². The second-order valence-corrected chi connectivity index (χ2v) is 6.82. The lowest BCUT2D eigenvalue weighted by atomic mass is 9.97. The van der Waals surface area contributed by atoms with Crippen LogP contribution in [0.3, 0.4) is 0 Å². The van der Waals surface area contributed by atoms with Crippen molar-refractivity contribution in [2.45, 2.75) is 51.0 Å². The van der Waals surface area contributed by atoms with E-state index in [0.717, 1.165) is 50.1 Å². The summed E-state index contributed by atoms with van der Waals surface area (Å²) in [6, 6.07) is 7.59. The summed E-state index contributed by atoms with van der Waals surface area (Å²) in [7, 11) is 0. The lowest BCUT2D eigenvalue weighted by Crippen LogP contribution is -2.39. The molecule has 23 heavy (non-hydrogen) atoms. The van der Waals surface area contributed by atoms with E-state index in [-0.39, 0.29) is 12.5 Å². The standard InChI is InChI=1S/C19H27NO3/c21-14-15-10-12-20(13-11-15)19(22)16-6-8-18(9-7-16)23-17-4-2-1-3-5-17/h6-9,15,17,21H,1-5,10-14H2. The first-order chi connectivity index (χ1) is 11.3. The van der Waals surface area contributed by atoms with Gasteiger partial charge < -0.3 is 14.7 Å². The quantitative estimate of drug-likeness (QED) is 0.927. The summed E-state index contributed by atoms with van der Waals surface area (Å²) >= 11 is 0. The molecule has 3 rings (SSSR count). The van der Waals surface area contributed by atoms with Gasteiger partial charge in [0, 0.05) is 25.3 Å². The molecule has 1 aromatic rings. The highest BCUT2D eigenvalue weighted by atomic mass is 16.5. The zero-order chi connectivity index (χ0) is 16.1. The van der Waals surface area contributed by atoms with Crippen LogP contribution in [0.15, 0.2) is 24.3 Å². The Morgan fingerprint density at radius 2 is 1.70 bits per heavy atom. The van der Waals surface area contributed by atoms with Crippen molar-refractivity contribution in [3.05, 3.63) is 29.8 Å². The van der Waals surface area contributed by atoms with E-state index in [4.69, 9.17) is 4.74 Å². The zero-order valence-electron chi connectivity index (χ0n) is 13.7. The van der Waals surface area contributed by atoms with E-state index in [0.29, 0.717) is 12.0 Å². The molecule has 0 atom stereocenters. The number of aliphatic hydroxyl groups excluding tert-OH is 1. The SMILES string of the molecule is O=C(c1ccc(OC2CCCCC2)cc1)N1CCC(CO)CC1. The average Bonchev–Trinajstić information content (AvgIpc) is 2.63. The summed E-state index contributed by atoms with van der Waals surface area (Å²) in [6.07, 6.45) is 8.23. The molecular weight excluding hydrogens is 290 g/mol. The summed E-state index contributed by atoms with van der Waals surface area (Å²) in [5.74, 6) is 1.31. The number of likely N-dealkylation sites (tertiary alicyclic amines) is 1. The number of aliphatic hydroxyl groups is 1. The Morgan fingerprint density at radius 1 is 1.04 bits per heavy atom. The van der Waals surface area contributed by atoms with Crippen LogP contribution in [0.25, 0.3) is 0 Å². The normalized spacial score (nSPS) is 20.5. The van der Waals surface area contributed by atoms with Gasteiger partial charge in [-0.15, -0.1) is 0 Å². The number of amides is 1. The van der Waals surface area contributed by atoms with Crippen molar-refractivity contribution >= 4 is 5.91 Å². The highest BCUT2D eigenvalue weighted by molar-refractivity contribution is 5.94. The number of benzene rings is 1. The number of hydrogen-bond acceptors (Lipinski definition) is 3. The minimum Gasteiger partial charge on any atom is -0.490 e. The largest absolute Gasteiger partial charge is 0.490 e. The molecule has 1 aliphatic carbocycles.